The molecule has 0 aliphatic rings. The second-order valence-corrected chi connectivity index (χ2v) is 5.07. The molecule has 0 aliphatic carbocycles. The molecule has 0 heterocycles. The maximum Gasteiger partial charge on any atom is 0.249 e. The molecule has 0 radical (unpaired) electrons. The fraction of sp³-hybridized carbons (Fsp3) is 0.429. The van der Waals surface area contributed by atoms with Crippen LogP contribution in [-0.2, 0) is 4.79 Å². The molecular weight excluding hydrogens is 242 g/mol. The lowest BCUT2D eigenvalue weighted by atomic mass is 10.0. The van der Waals surface area contributed by atoms with Crippen LogP contribution in [0.1, 0.15) is 36.2 Å². The molecule has 5 nitrogen and oxygen atoms in total. The van der Waals surface area contributed by atoms with Crippen molar-refractivity contribution < 1.29 is 9.59 Å². The van der Waals surface area contributed by atoms with Crippen LogP contribution in [0.15, 0.2) is 18.2 Å². The Morgan fingerprint density at radius 3 is 2.47 bits per heavy atom. The van der Waals surface area contributed by atoms with Gasteiger partial charge in [0.1, 0.15) is 0 Å². The van der Waals surface area contributed by atoms with E-state index in [1.54, 1.807) is 25.1 Å². The minimum absolute atomic E-state index is 0.251. The van der Waals surface area contributed by atoms with Crippen LogP contribution in [-0.4, -0.2) is 17.9 Å². The van der Waals surface area contributed by atoms with Crippen molar-refractivity contribution in [1.82, 2.24) is 0 Å². The third kappa shape index (κ3) is 4.06. The summed E-state index contributed by atoms with van der Waals surface area (Å²) >= 11 is 0. The Morgan fingerprint density at radius 2 is 1.95 bits per heavy atom. The van der Waals surface area contributed by atoms with Crippen molar-refractivity contribution in [3.05, 3.63) is 29.3 Å². The molecule has 1 rings (SSSR count). The molecule has 19 heavy (non-hydrogen) atoms. The molecule has 2 amide bonds. The van der Waals surface area contributed by atoms with Gasteiger partial charge in [0.05, 0.1) is 6.04 Å². The zero-order valence-corrected chi connectivity index (χ0v) is 11.6. The van der Waals surface area contributed by atoms with Crippen molar-refractivity contribution in [1.29, 1.82) is 0 Å². The van der Waals surface area contributed by atoms with Crippen LogP contribution in [0.3, 0.4) is 0 Å². The van der Waals surface area contributed by atoms with Crippen LogP contribution in [0.25, 0.3) is 0 Å². The van der Waals surface area contributed by atoms with Crippen molar-refractivity contribution in [2.24, 2.45) is 17.4 Å². The Balaban J connectivity index is 2.86. The van der Waals surface area contributed by atoms with E-state index in [9.17, 15) is 9.59 Å². The molecule has 0 saturated heterocycles. The summed E-state index contributed by atoms with van der Waals surface area (Å²) < 4.78 is 0. The van der Waals surface area contributed by atoms with Gasteiger partial charge in [-0.3, -0.25) is 9.59 Å². The predicted molar refractivity (Wildman–Crippen MR) is 75.8 cm³/mol. The molecule has 0 aromatic heterocycles. The Kier molecular flexibility index (Phi) is 5.06. The molecule has 0 saturated carbocycles. The highest BCUT2D eigenvalue weighted by atomic mass is 16.2. The molecule has 1 aromatic rings. The van der Waals surface area contributed by atoms with Crippen molar-refractivity contribution in [2.45, 2.75) is 33.2 Å². The van der Waals surface area contributed by atoms with Crippen LogP contribution in [0, 0.1) is 12.8 Å². The van der Waals surface area contributed by atoms with E-state index in [1.807, 2.05) is 13.8 Å². The van der Waals surface area contributed by atoms with Gasteiger partial charge in [-0.15, -0.1) is 0 Å². The third-order valence-corrected chi connectivity index (χ3v) is 2.92. The highest BCUT2D eigenvalue weighted by Gasteiger charge is 2.17. The van der Waals surface area contributed by atoms with Crippen molar-refractivity contribution in [2.75, 3.05) is 5.32 Å². The average molecular weight is 263 g/mol. The number of nitrogens with two attached hydrogens (primary N) is 2. The fourth-order valence-electron chi connectivity index (χ4n) is 1.88. The first-order valence-electron chi connectivity index (χ1n) is 6.28. The summed E-state index contributed by atoms with van der Waals surface area (Å²) in [6, 6.07) is 4.47. The summed E-state index contributed by atoms with van der Waals surface area (Å²) in [4.78, 5) is 23.2. The Bertz CT molecular complexity index is 484. The second-order valence-electron chi connectivity index (χ2n) is 5.07. The van der Waals surface area contributed by atoms with E-state index in [0.29, 0.717) is 29.2 Å². The summed E-state index contributed by atoms with van der Waals surface area (Å²) in [5.41, 5.74) is 12.7. The number of rotatable bonds is 5. The second kappa shape index (κ2) is 6.33. The van der Waals surface area contributed by atoms with Crippen molar-refractivity contribution in [3.63, 3.8) is 0 Å². The van der Waals surface area contributed by atoms with Crippen molar-refractivity contribution >= 4 is 17.5 Å². The predicted octanol–water partition coefficient (Wildman–Crippen LogP) is 1.41. The van der Waals surface area contributed by atoms with Gasteiger partial charge in [-0.05, 0) is 37.0 Å². The summed E-state index contributed by atoms with van der Waals surface area (Å²) in [5.74, 6) is -0.419. The number of hydrogen-bond donors (Lipinski definition) is 3. The van der Waals surface area contributed by atoms with Gasteiger partial charge in [0.2, 0.25) is 11.8 Å². The topological polar surface area (TPSA) is 98.2 Å². The lowest BCUT2D eigenvalue weighted by Crippen LogP contribution is -2.36. The number of hydrogen-bond acceptors (Lipinski definition) is 3. The number of anilines is 1. The van der Waals surface area contributed by atoms with Crippen LogP contribution < -0.4 is 16.8 Å². The summed E-state index contributed by atoms with van der Waals surface area (Å²) in [7, 11) is 0. The van der Waals surface area contributed by atoms with Crippen molar-refractivity contribution in [3.8, 4) is 0 Å². The van der Waals surface area contributed by atoms with E-state index in [2.05, 4.69) is 5.32 Å². The molecule has 0 unspecified atom stereocenters. The van der Waals surface area contributed by atoms with Crippen LogP contribution in [0.4, 0.5) is 5.69 Å². The maximum absolute atomic E-state index is 11.9. The van der Waals surface area contributed by atoms with E-state index in [-0.39, 0.29) is 5.91 Å². The summed E-state index contributed by atoms with van der Waals surface area (Å²) in [6.45, 7) is 5.75. The Labute approximate surface area is 113 Å². The van der Waals surface area contributed by atoms with Crippen LogP contribution in [0.5, 0.6) is 0 Å². The molecule has 104 valence electrons. The molecule has 1 atom stereocenters. The van der Waals surface area contributed by atoms with Gasteiger partial charge in [0.15, 0.2) is 0 Å². The first-order chi connectivity index (χ1) is 8.82. The quantitative estimate of drug-likeness (QED) is 0.749. The average Bonchev–Trinajstić information content (AvgIpc) is 2.30. The lowest BCUT2D eigenvalue weighted by Gasteiger charge is -2.16. The number of carbonyl (C=O) groups excluding carboxylic acids is 2. The number of amides is 2. The SMILES string of the molecule is Cc1c(NC(=O)[C@@H](N)CC(C)C)cccc1C(N)=O. The van der Waals surface area contributed by atoms with E-state index in [4.69, 9.17) is 11.5 Å². The van der Waals surface area contributed by atoms with Gasteiger partial charge in [0, 0.05) is 11.3 Å². The van der Waals surface area contributed by atoms with Gasteiger partial charge in [-0.1, -0.05) is 19.9 Å². The molecule has 5 heteroatoms. The maximum atomic E-state index is 11.9. The minimum atomic E-state index is -0.559. The van der Waals surface area contributed by atoms with Gasteiger partial charge in [-0.2, -0.15) is 0 Å². The van der Waals surface area contributed by atoms with Gasteiger partial charge < -0.3 is 16.8 Å². The standard InChI is InChI=1S/C14H21N3O2/c1-8(2)7-11(15)14(19)17-12-6-4-5-10(9(12)3)13(16)18/h4-6,8,11H,7,15H2,1-3H3,(H2,16,18)(H,17,19)/t11-/m0/s1. The number of nitrogens with one attached hydrogen (secondary N) is 1. The zero-order chi connectivity index (χ0) is 14.6. The van der Waals surface area contributed by atoms with E-state index in [1.165, 1.54) is 0 Å². The van der Waals surface area contributed by atoms with E-state index in [0.717, 1.165) is 0 Å². The third-order valence-electron chi connectivity index (χ3n) is 2.92. The number of carbonyl (C=O) groups is 2. The molecule has 5 N–H and O–H groups in total. The smallest absolute Gasteiger partial charge is 0.249 e. The summed E-state index contributed by atoms with van der Waals surface area (Å²) in [5, 5.41) is 2.74. The van der Waals surface area contributed by atoms with Gasteiger partial charge in [-0.25, -0.2) is 0 Å². The first kappa shape index (κ1) is 15.2. The molecule has 0 fully saturated rings. The molecule has 0 bridgehead atoms. The lowest BCUT2D eigenvalue weighted by molar-refractivity contribution is -0.117. The van der Waals surface area contributed by atoms with E-state index < -0.39 is 11.9 Å². The molecule has 1 aromatic carbocycles. The number of benzene rings is 1. The fourth-order valence-corrected chi connectivity index (χ4v) is 1.88. The Morgan fingerprint density at radius 1 is 1.32 bits per heavy atom. The minimum Gasteiger partial charge on any atom is -0.366 e. The van der Waals surface area contributed by atoms with Crippen LogP contribution >= 0.6 is 0 Å². The normalized spacial score (nSPS) is 12.3. The number of primary amides is 1. The summed E-state index contributed by atoms with van der Waals surface area (Å²) in [6.07, 6.45) is 0.611. The van der Waals surface area contributed by atoms with Gasteiger partial charge in [0.25, 0.3) is 0 Å². The van der Waals surface area contributed by atoms with Crippen LogP contribution in [0.2, 0.25) is 0 Å². The highest BCUT2D eigenvalue weighted by molar-refractivity contribution is 5.99. The molecular formula is C14H21N3O2. The first-order valence-corrected chi connectivity index (χ1v) is 6.28. The van der Waals surface area contributed by atoms with E-state index >= 15 is 0 Å². The largest absolute Gasteiger partial charge is 0.366 e. The molecule has 0 spiro atoms. The molecule has 0 aliphatic heterocycles. The van der Waals surface area contributed by atoms with Gasteiger partial charge >= 0.3 is 0 Å². The zero-order valence-electron chi connectivity index (χ0n) is 11.6. The monoisotopic (exact) mass is 263 g/mol. The Hall–Kier alpha value is -1.88. The highest BCUT2D eigenvalue weighted by Crippen LogP contribution is 2.19.